The summed E-state index contributed by atoms with van der Waals surface area (Å²) in [6.45, 7) is 4.69. The monoisotopic (exact) mass is 355 g/mol. The molecular weight excluding hydrogens is 334 g/mol. The van der Waals surface area contributed by atoms with Crippen molar-refractivity contribution in [3.8, 4) is 11.5 Å². The highest BCUT2D eigenvalue weighted by Crippen LogP contribution is 2.23. The van der Waals surface area contributed by atoms with E-state index in [0.29, 0.717) is 24.4 Å². The van der Waals surface area contributed by atoms with E-state index in [-0.39, 0.29) is 6.61 Å². The molecule has 136 valence electrons. The van der Waals surface area contributed by atoms with Crippen LogP contribution in [0.25, 0.3) is 0 Å². The lowest BCUT2D eigenvalue weighted by Gasteiger charge is -2.08. The summed E-state index contributed by atoms with van der Waals surface area (Å²) in [5.74, 6) is 2.63. The van der Waals surface area contributed by atoms with Gasteiger partial charge in [0, 0.05) is 31.9 Å². The molecule has 0 aliphatic carbocycles. The Labute approximate surface area is 151 Å². The zero-order chi connectivity index (χ0) is 17.9. The fourth-order valence-corrected chi connectivity index (χ4v) is 2.73. The first kappa shape index (κ1) is 16.6. The second-order valence-electron chi connectivity index (χ2n) is 6.41. The van der Waals surface area contributed by atoms with E-state index in [1.54, 1.807) is 6.92 Å². The van der Waals surface area contributed by atoms with E-state index in [0.717, 1.165) is 24.6 Å². The first-order valence-corrected chi connectivity index (χ1v) is 8.52. The lowest BCUT2D eigenvalue weighted by atomic mass is 10.3. The van der Waals surface area contributed by atoms with Crippen LogP contribution in [0.5, 0.6) is 11.5 Å². The standard InChI is InChI=1S/C18H21N5O3/c1-13-20-18(26-21-13)12-25-17-5-3-16(4-6-17)24-11-15-10-23(15)9-14-7-19-22(2)8-14/h3-8,15H,9-12H2,1-2H3. The molecule has 0 spiro atoms. The van der Waals surface area contributed by atoms with Gasteiger partial charge in [-0.15, -0.1) is 0 Å². The summed E-state index contributed by atoms with van der Waals surface area (Å²) in [5.41, 5.74) is 1.23. The summed E-state index contributed by atoms with van der Waals surface area (Å²) in [7, 11) is 1.93. The van der Waals surface area contributed by atoms with Gasteiger partial charge >= 0.3 is 0 Å². The number of benzene rings is 1. The van der Waals surface area contributed by atoms with Crippen LogP contribution in [0.3, 0.4) is 0 Å². The number of aromatic nitrogens is 4. The summed E-state index contributed by atoms with van der Waals surface area (Å²) in [5, 5.41) is 7.92. The normalized spacial score (nSPS) is 18.7. The van der Waals surface area contributed by atoms with Crippen LogP contribution in [0.2, 0.25) is 0 Å². The van der Waals surface area contributed by atoms with E-state index >= 15 is 0 Å². The van der Waals surface area contributed by atoms with Gasteiger partial charge < -0.3 is 14.0 Å². The molecule has 1 aromatic carbocycles. The highest BCUT2D eigenvalue weighted by molar-refractivity contribution is 5.31. The summed E-state index contributed by atoms with van der Waals surface area (Å²) in [6.07, 6.45) is 3.95. The molecule has 8 nitrogen and oxygen atoms in total. The first-order chi connectivity index (χ1) is 12.7. The molecule has 8 heteroatoms. The SMILES string of the molecule is Cc1noc(COc2ccc(OCC3CN3Cc3cnn(C)c3)cc2)n1. The van der Waals surface area contributed by atoms with Crippen molar-refractivity contribution < 1.29 is 14.0 Å². The molecule has 2 aromatic heterocycles. The molecule has 3 aromatic rings. The topological polar surface area (TPSA) is 78.2 Å². The van der Waals surface area contributed by atoms with Gasteiger partial charge in [-0.1, -0.05) is 5.16 Å². The van der Waals surface area contributed by atoms with Gasteiger partial charge in [0.05, 0.1) is 12.2 Å². The zero-order valence-electron chi connectivity index (χ0n) is 14.8. The maximum absolute atomic E-state index is 5.87. The quantitative estimate of drug-likeness (QED) is 0.572. The third kappa shape index (κ3) is 4.20. The van der Waals surface area contributed by atoms with Crippen molar-refractivity contribution in [2.24, 2.45) is 7.05 Å². The maximum Gasteiger partial charge on any atom is 0.264 e. The molecular formula is C18H21N5O3. The van der Waals surface area contributed by atoms with Gasteiger partial charge in [-0.05, 0) is 31.2 Å². The summed E-state index contributed by atoms with van der Waals surface area (Å²) in [4.78, 5) is 6.46. The minimum Gasteiger partial charge on any atom is -0.492 e. The fourth-order valence-electron chi connectivity index (χ4n) is 2.73. The van der Waals surface area contributed by atoms with Crippen molar-refractivity contribution >= 4 is 0 Å². The third-order valence-electron chi connectivity index (χ3n) is 4.17. The predicted molar refractivity (Wildman–Crippen MR) is 92.7 cm³/mol. The molecule has 3 heterocycles. The molecule has 0 bridgehead atoms. The first-order valence-electron chi connectivity index (χ1n) is 8.52. The lowest BCUT2D eigenvalue weighted by molar-refractivity contribution is 0.242. The molecule has 1 fully saturated rings. The molecule has 0 amide bonds. The van der Waals surface area contributed by atoms with Crippen LogP contribution in [0.15, 0.2) is 41.2 Å². The Bertz CT molecular complexity index is 858. The van der Waals surface area contributed by atoms with Crippen molar-refractivity contribution in [3.63, 3.8) is 0 Å². The smallest absolute Gasteiger partial charge is 0.264 e. The van der Waals surface area contributed by atoms with Crippen LogP contribution < -0.4 is 9.47 Å². The number of aryl methyl sites for hydroxylation is 2. The minimum absolute atomic E-state index is 0.256. The van der Waals surface area contributed by atoms with Crippen molar-refractivity contribution in [1.82, 2.24) is 24.8 Å². The average Bonchev–Trinajstić information content (AvgIpc) is 3.01. The van der Waals surface area contributed by atoms with E-state index in [2.05, 4.69) is 20.1 Å². The Kier molecular flexibility index (Phi) is 4.57. The van der Waals surface area contributed by atoms with Crippen LogP contribution >= 0.6 is 0 Å². The van der Waals surface area contributed by atoms with E-state index in [9.17, 15) is 0 Å². The van der Waals surface area contributed by atoms with Gasteiger partial charge in [-0.25, -0.2) is 0 Å². The van der Waals surface area contributed by atoms with E-state index in [1.807, 2.05) is 48.4 Å². The number of nitrogens with zero attached hydrogens (tertiary/aromatic N) is 5. The Balaban J connectivity index is 1.20. The second-order valence-corrected chi connectivity index (χ2v) is 6.41. The maximum atomic E-state index is 5.87. The molecule has 0 N–H and O–H groups in total. The number of rotatable bonds is 8. The number of ether oxygens (including phenoxy) is 2. The molecule has 0 radical (unpaired) electrons. The summed E-state index contributed by atoms with van der Waals surface area (Å²) in [6, 6.07) is 8.02. The molecule has 1 saturated heterocycles. The highest BCUT2D eigenvalue weighted by atomic mass is 16.5. The molecule has 4 rings (SSSR count). The van der Waals surface area contributed by atoms with Crippen molar-refractivity contribution in [2.45, 2.75) is 26.1 Å². The van der Waals surface area contributed by atoms with Crippen molar-refractivity contribution in [2.75, 3.05) is 13.2 Å². The summed E-state index contributed by atoms with van der Waals surface area (Å²) < 4.78 is 18.3. The highest BCUT2D eigenvalue weighted by Gasteiger charge is 2.34. The van der Waals surface area contributed by atoms with Gasteiger partial charge in [0.25, 0.3) is 5.89 Å². The van der Waals surface area contributed by atoms with Crippen LogP contribution in [0, 0.1) is 6.92 Å². The molecule has 26 heavy (non-hydrogen) atoms. The van der Waals surface area contributed by atoms with Crippen LogP contribution in [-0.2, 0) is 20.2 Å². The van der Waals surface area contributed by atoms with Crippen molar-refractivity contribution in [3.05, 3.63) is 53.9 Å². The molecule has 1 aliphatic heterocycles. The van der Waals surface area contributed by atoms with Crippen LogP contribution in [0.4, 0.5) is 0 Å². The number of hydrogen-bond donors (Lipinski definition) is 0. The van der Waals surface area contributed by atoms with Gasteiger partial charge in [-0.2, -0.15) is 10.1 Å². The van der Waals surface area contributed by atoms with Crippen LogP contribution in [0.1, 0.15) is 17.3 Å². The number of hydrogen-bond acceptors (Lipinski definition) is 7. The van der Waals surface area contributed by atoms with E-state index < -0.39 is 0 Å². The zero-order valence-corrected chi connectivity index (χ0v) is 14.8. The molecule has 2 atom stereocenters. The van der Waals surface area contributed by atoms with Crippen LogP contribution in [-0.4, -0.2) is 44.0 Å². The van der Waals surface area contributed by atoms with Crippen molar-refractivity contribution in [1.29, 1.82) is 0 Å². The fraction of sp³-hybridized carbons (Fsp3) is 0.389. The van der Waals surface area contributed by atoms with E-state index in [1.165, 1.54) is 5.56 Å². The molecule has 0 saturated carbocycles. The Morgan fingerprint density at radius 1 is 1.19 bits per heavy atom. The Morgan fingerprint density at radius 2 is 1.96 bits per heavy atom. The third-order valence-corrected chi connectivity index (χ3v) is 4.17. The molecule has 2 unspecified atom stereocenters. The van der Waals surface area contributed by atoms with Gasteiger partial charge in [0.1, 0.15) is 18.1 Å². The van der Waals surface area contributed by atoms with Gasteiger partial charge in [0.15, 0.2) is 12.4 Å². The summed E-state index contributed by atoms with van der Waals surface area (Å²) >= 11 is 0. The van der Waals surface area contributed by atoms with Gasteiger partial charge in [0.2, 0.25) is 0 Å². The largest absolute Gasteiger partial charge is 0.492 e. The van der Waals surface area contributed by atoms with E-state index in [4.69, 9.17) is 14.0 Å². The molecule has 1 aliphatic rings. The van der Waals surface area contributed by atoms with Gasteiger partial charge in [-0.3, -0.25) is 9.58 Å². The average molecular weight is 355 g/mol. The lowest BCUT2D eigenvalue weighted by Crippen LogP contribution is -2.10. The minimum atomic E-state index is 0.256. The predicted octanol–water partition coefficient (Wildman–Crippen LogP) is 1.95. The second kappa shape index (κ2) is 7.17. The Hall–Kier alpha value is -2.87. The Morgan fingerprint density at radius 3 is 2.62 bits per heavy atom.